The monoisotopic (exact) mass is 390 g/mol. The summed E-state index contributed by atoms with van der Waals surface area (Å²) in [7, 11) is -4.57. The van der Waals surface area contributed by atoms with Crippen molar-refractivity contribution >= 4 is 53.3 Å². The Hall–Kier alpha value is -0.350. The minimum absolute atomic E-state index is 0.0236. The maximum atomic E-state index is 12.0. The average Bonchev–Trinajstić information content (AvgIpc) is 2.31. The van der Waals surface area contributed by atoms with Gasteiger partial charge in [0.1, 0.15) is 9.56 Å². The highest BCUT2D eigenvalue weighted by molar-refractivity contribution is 9.10. The van der Waals surface area contributed by atoms with Crippen molar-refractivity contribution in [2.75, 3.05) is 23.5 Å². The molecule has 0 heterocycles. The Balaban J connectivity index is 3.31. The Bertz CT molecular complexity index is 673. The third kappa shape index (κ3) is 4.06. The van der Waals surface area contributed by atoms with E-state index in [1.165, 1.54) is 32.3 Å². The van der Waals surface area contributed by atoms with Gasteiger partial charge in [0.25, 0.3) is 0 Å². The summed E-state index contributed by atoms with van der Waals surface area (Å²) in [6.45, 7) is 0. The van der Waals surface area contributed by atoms with Gasteiger partial charge in [-0.2, -0.15) is 0 Å². The summed E-state index contributed by atoms with van der Waals surface area (Å²) in [5, 5.41) is 0.0236. The van der Waals surface area contributed by atoms with Crippen LogP contribution in [0.4, 0.5) is 5.69 Å². The van der Waals surface area contributed by atoms with Gasteiger partial charge in [-0.05, 0) is 18.2 Å². The molecule has 0 unspecified atom stereocenters. The van der Waals surface area contributed by atoms with Crippen LogP contribution >= 0.6 is 27.5 Å². The van der Waals surface area contributed by atoms with Crippen molar-refractivity contribution in [3.8, 4) is 0 Å². The molecule has 0 aliphatic carbocycles. The van der Waals surface area contributed by atoms with E-state index in [0.29, 0.717) is 0 Å². The number of hydrogen-bond acceptors (Lipinski definition) is 4. The molecule has 10 heteroatoms. The zero-order valence-electron chi connectivity index (χ0n) is 10.1. The van der Waals surface area contributed by atoms with Gasteiger partial charge in [0.05, 0.1) is 5.02 Å². The van der Waals surface area contributed by atoms with Gasteiger partial charge in [0.15, 0.2) is 0 Å². The van der Waals surface area contributed by atoms with Crippen molar-refractivity contribution in [1.29, 1.82) is 0 Å². The van der Waals surface area contributed by atoms with Gasteiger partial charge in [-0.15, -0.1) is 0 Å². The van der Waals surface area contributed by atoms with E-state index >= 15 is 0 Å². The van der Waals surface area contributed by atoms with E-state index in [1.807, 2.05) is 0 Å². The second-order valence-corrected chi connectivity index (χ2v) is 9.31. The molecule has 6 nitrogen and oxygen atoms in total. The number of alkyl halides is 1. The number of sulfonamides is 2. The first-order chi connectivity index (χ1) is 8.60. The lowest BCUT2D eigenvalue weighted by Gasteiger charge is -2.14. The van der Waals surface area contributed by atoms with E-state index in [9.17, 15) is 16.8 Å². The average molecular weight is 392 g/mol. The SMILES string of the molecule is CN(C)S(=O)(=O)c1cc(NS(=O)(=O)CBr)ccc1Cl. The summed E-state index contributed by atoms with van der Waals surface area (Å²) in [5.74, 6) is 0. The Morgan fingerprint density at radius 1 is 1.26 bits per heavy atom. The van der Waals surface area contributed by atoms with Gasteiger partial charge in [-0.25, -0.2) is 21.1 Å². The molecule has 0 spiro atoms. The first-order valence-corrected chi connectivity index (χ1v) is 9.48. The number of hydrogen-bond donors (Lipinski definition) is 1. The van der Waals surface area contributed by atoms with Gasteiger partial charge in [-0.1, -0.05) is 27.5 Å². The molecule has 0 fully saturated rings. The summed E-state index contributed by atoms with van der Waals surface area (Å²) in [6.07, 6.45) is 0. The molecule has 0 radical (unpaired) electrons. The van der Waals surface area contributed by atoms with E-state index < -0.39 is 20.0 Å². The highest BCUT2D eigenvalue weighted by Crippen LogP contribution is 2.27. The van der Waals surface area contributed by atoms with Crippen LogP contribution in [0.25, 0.3) is 0 Å². The van der Waals surface area contributed by atoms with E-state index in [2.05, 4.69) is 20.7 Å². The highest BCUT2D eigenvalue weighted by atomic mass is 79.9. The zero-order chi connectivity index (χ0) is 14.8. The lowest BCUT2D eigenvalue weighted by Crippen LogP contribution is -2.23. The number of nitrogens with one attached hydrogen (secondary N) is 1. The molecule has 1 aromatic rings. The van der Waals surface area contributed by atoms with Crippen molar-refractivity contribution in [2.45, 2.75) is 4.90 Å². The Kier molecular flexibility index (Phi) is 5.24. The number of halogens is 2. The topological polar surface area (TPSA) is 83.6 Å². The minimum Gasteiger partial charge on any atom is -0.283 e. The summed E-state index contributed by atoms with van der Waals surface area (Å²) >= 11 is 8.66. The maximum Gasteiger partial charge on any atom is 0.244 e. The molecule has 19 heavy (non-hydrogen) atoms. The molecular weight excluding hydrogens is 380 g/mol. The molecular formula is C9H12BrClN2O4S2. The van der Waals surface area contributed by atoms with Gasteiger partial charge >= 0.3 is 0 Å². The van der Waals surface area contributed by atoms with Crippen molar-refractivity contribution in [3.05, 3.63) is 23.2 Å². The van der Waals surface area contributed by atoms with Crippen LogP contribution in [-0.4, -0.2) is 39.9 Å². The van der Waals surface area contributed by atoms with Gasteiger partial charge in [-0.3, -0.25) is 4.72 Å². The molecule has 1 rings (SSSR count). The van der Waals surface area contributed by atoms with Crippen molar-refractivity contribution in [2.24, 2.45) is 0 Å². The largest absolute Gasteiger partial charge is 0.283 e. The first kappa shape index (κ1) is 16.7. The Morgan fingerprint density at radius 3 is 2.32 bits per heavy atom. The summed E-state index contributed by atoms with van der Waals surface area (Å²) in [5.41, 5.74) is 0.129. The highest BCUT2D eigenvalue weighted by Gasteiger charge is 2.21. The molecule has 0 atom stereocenters. The molecule has 0 bridgehead atoms. The molecule has 0 aliphatic heterocycles. The molecule has 0 aromatic heterocycles. The van der Waals surface area contributed by atoms with Gasteiger partial charge in [0, 0.05) is 19.8 Å². The fourth-order valence-electron chi connectivity index (χ4n) is 1.17. The van der Waals surface area contributed by atoms with Crippen molar-refractivity contribution in [1.82, 2.24) is 4.31 Å². The molecule has 108 valence electrons. The fourth-order valence-corrected chi connectivity index (χ4v) is 3.45. The van der Waals surface area contributed by atoms with Gasteiger partial charge < -0.3 is 0 Å². The van der Waals surface area contributed by atoms with Crippen LogP contribution in [-0.2, 0) is 20.0 Å². The normalized spacial score (nSPS) is 12.7. The molecule has 0 amide bonds. The van der Waals surface area contributed by atoms with E-state index in [-0.39, 0.29) is 20.3 Å². The number of benzene rings is 1. The van der Waals surface area contributed by atoms with E-state index in [0.717, 1.165) is 4.31 Å². The van der Waals surface area contributed by atoms with Crippen LogP contribution in [0.15, 0.2) is 23.1 Å². The van der Waals surface area contributed by atoms with Crippen LogP contribution in [0.3, 0.4) is 0 Å². The second kappa shape index (κ2) is 5.96. The number of rotatable bonds is 5. The summed E-state index contributed by atoms with van der Waals surface area (Å²) in [4.78, 5) is -0.158. The van der Waals surface area contributed by atoms with Crippen LogP contribution in [0.5, 0.6) is 0 Å². The lowest BCUT2D eigenvalue weighted by molar-refractivity contribution is 0.521. The second-order valence-electron chi connectivity index (χ2n) is 3.76. The fraction of sp³-hybridized carbons (Fsp3) is 0.333. The number of anilines is 1. The van der Waals surface area contributed by atoms with Crippen LogP contribution in [0.1, 0.15) is 0 Å². The molecule has 0 aliphatic rings. The Labute approximate surface area is 126 Å². The summed E-state index contributed by atoms with van der Waals surface area (Å²) < 4.78 is 49.7. The van der Waals surface area contributed by atoms with Crippen LogP contribution in [0.2, 0.25) is 5.02 Å². The quantitative estimate of drug-likeness (QED) is 0.774. The van der Waals surface area contributed by atoms with E-state index in [4.69, 9.17) is 11.6 Å². The standard InChI is InChI=1S/C9H12BrClN2O4S2/c1-13(2)19(16,17)9-5-7(3-4-8(9)11)12-18(14,15)6-10/h3-5,12H,6H2,1-2H3. The van der Waals surface area contributed by atoms with Crippen LogP contribution in [0, 0.1) is 0 Å². The summed E-state index contributed by atoms with van der Waals surface area (Å²) in [6, 6.07) is 3.89. The van der Waals surface area contributed by atoms with E-state index in [1.54, 1.807) is 0 Å². The maximum absolute atomic E-state index is 12.0. The zero-order valence-corrected chi connectivity index (χ0v) is 14.1. The van der Waals surface area contributed by atoms with Crippen LogP contribution < -0.4 is 4.72 Å². The third-order valence-electron chi connectivity index (χ3n) is 2.11. The smallest absolute Gasteiger partial charge is 0.244 e. The minimum atomic E-state index is -3.74. The van der Waals surface area contributed by atoms with Crippen molar-refractivity contribution < 1.29 is 16.8 Å². The Morgan fingerprint density at radius 2 is 1.84 bits per heavy atom. The lowest BCUT2D eigenvalue weighted by atomic mass is 10.3. The molecule has 1 N–H and O–H groups in total. The van der Waals surface area contributed by atoms with Crippen molar-refractivity contribution in [3.63, 3.8) is 0 Å². The first-order valence-electron chi connectivity index (χ1n) is 4.88. The van der Waals surface area contributed by atoms with Gasteiger partial charge in [0.2, 0.25) is 20.0 Å². The molecule has 1 aromatic carbocycles. The predicted octanol–water partition coefficient (Wildman–Crippen LogP) is 1.68. The molecule has 0 saturated heterocycles. The number of nitrogens with zero attached hydrogens (tertiary/aromatic N) is 1. The third-order valence-corrected chi connectivity index (χ3v) is 7.05. The predicted molar refractivity (Wildman–Crippen MR) is 78.7 cm³/mol. The molecule has 0 saturated carbocycles.